The molecule has 0 amide bonds. The van der Waals surface area contributed by atoms with Gasteiger partial charge in [-0.15, -0.1) is 0 Å². The summed E-state index contributed by atoms with van der Waals surface area (Å²) in [5.74, 6) is -0.916. The van der Waals surface area contributed by atoms with E-state index in [1.165, 1.54) is 21.3 Å². The number of hydrogen-bond donors (Lipinski definition) is 1. The fraction of sp³-hybridized carbons (Fsp3) is 0.857. The number of nitrogens with one attached hydrogen (secondary N) is 1. The molecule has 1 N–H and O–H groups in total. The minimum Gasteiger partial charge on any atom is -0.468 e. The second-order valence-electron chi connectivity index (χ2n) is 8.37. The van der Waals surface area contributed by atoms with Crippen LogP contribution in [0.4, 0.5) is 0 Å². The third kappa shape index (κ3) is 9.51. The number of carbonyl (C=O) groups excluding carboxylic acids is 3. The highest BCUT2D eigenvalue weighted by atomic mass is 16.5. The Balaban J connectivity index is 3.15. The van der Waals surface area contributed by atoms with Gasteiger partial charge in [0.15, 0.2) is 0 Å². The molecule has 0 bridgehead atoms. The minimum atomic E-state index is -0.326. The number of rotatable bonds is 6. The van der Waals surface area contributed by atoms with Gasteiger partial charge in [0.2, 0.25) is 0 Å². The molecule has 1 fully saturated rings. The molecule has 0 unspecified atom stereocenters. The Morgan fingerprint density at radius 2 is 1.03 bits per heavy atom. The Labute approximate surface area is 186 Å². The van der Waals surface area contributed by atoms with Crippen LogP contribution in [0, 0.1) is 0 Å². The van der Waals surface area contributed by atoms with Crippen LogP contribution in [0.15, 0.2) is 0 Å². The van der Waals surface area contributed by atoms with Gasteiger partial charge >= 0.3 is 17.9 Å². The summed E-state index contributed by atoms with van der Waals surface area (Å²) < 4.78 is 14.7. The second-order valence-corrected chi connectivity index (χ2v) is 8.37. The number of nitrogens with zero attached hydrogens (tertiary/aromatic N) is 3. The smallest absolute Gasteiger partial charge is 0.319 e. The van der Waals surface area contributed by atoms with Crippen LogP contribution in [0.1, 0.15) is 27.7 Å². The molecular formula is C21H40N4O6. The van der Waals surface area contributed by atoms with Crippen molar-refractivity contribution in [1.82, 2.24) is 20.0 Å². The van der Waals surface area contributed by atoms with Crippen LogP contribution >= 0.6 is 0 Å². The molecule has 4 atom stereocenters. The van der Waals surface area contributed by atoms with Crippen LogP contribution in [0.25, 0.3) is 0 Å². The average molecular weight is 445 g/mol. The monoisotopic (exact) mass is 444 g/mol. The van der Waals surface area contributed by atoms with Crippen molar-refractivity contribution in [2.45, 2.75) is 51.9 Å². The van der Waals surface area contributed by atoms with E-state index in [2.05, 4.69) is 29.0 Å². The first-order valence-electron chi connectivity index (χ1n) is 10.8. The van der Waals surface area contributed by atoms with E-state index in [0.717, 1.165) is 0 Å². The van der Waals surface area contributed by atoms with E-state index in [1.54, 1.807) is 0 Å². The van der Waals surface area contributed by atoms with Gasteiger partial charge in [-0.25, -0.2) is 0 Å². The lowest BCUT2D eigenvalue weighted by Crippen LogP contribution is -2.57. The second kappa shape index (κ2) is 13.6. The number of ether oxygens (including phenoxy) is 3. The average Bonchev–Trinajstić information content (AvgIpc) is 2.74. The topological polar surface area (TPSA) is 101 Å². The predicted octanol–water partition coefficient (Wildman–Crippen LogP) is -0.431. The highest BCUT2D eigenvalue weighted by molar-refractivity contribution is 5.72. The Morgan fingerprint density at radius 3 is 1.42 bits per heavy atom. The molecule has 1 aliphatic rings. The Morgan fingerprint density at radius 1 is 0.677 bits per heavy atom. The first kappa shape index (κ1) is 27.3. The zero-order valence-corrected chi connectivity index (χ0v) is 20.1. The summed E-state index contributed by atoms with van der Waals surface area (Å²) in [6.45, 7) is 11.1. The molecule has 0 aromatic carbocycles. The summed E-state index contributed by atoms with van der Waals surface area (Å²) in [7, 11) is 4.14. The van der Waals surface area contributed by atoms with Crippen molar-refractivity contribution in [1.29, 1.82) is 0 Å². The molecule has 1 heterocycles. The van der Waals surface area contributed by atoms with E-state index >= 15 is 0 Å². The number of esters is 3. The van der Waals surface area contributed by atoms with Crippen LogP contribution in [-0.4, -0.2) is 124 Å². The molecule has 0 aromatic rings. The number of methoxy groups -OCH3 is 3. The third-order valence-corrected chi connectivity index (χ3v) is 5.82. The summed E-state index contributed by atoms with van der Waals surface area (Å²) in [5.41, 5.74) is 0. The number of carbonyl (C=O) groups is 3. The van der Waals surface area contributed by atoms with Gasteiger partial charge in [-0.1, -0.05) is 0 Å². The van der Waals surface area contributed by atoms with Crippen LogP contribution in [-0.2, 0) is 28.6 Å². The quantitative estimate of drug-likeness (QED) is 0.429. The minimum absolute atomic E-state index is 0.0126. The van der Waals surface area contributed by atoms with Gasteiger partial charge in [-0.05, 0) is 27.7 Å². The Bertz CT molecular complexity index is 574. The van der Waals surface area contributed by atoms with Crippen molar-refractivity contribution in [2.75, 3.05) is 67.1 Å². The molecule has 0 aliphatic carbocycles. The van der Waals surface area contributed by atoms with Crippen LogP contribution in [0.3, 0.4) is 0 Å². The number of hydrogen-bond acceptors (Lipinski definition) is 10. The van der Waals surface area contributed by atoms with E-state index < -0.39 is 0 Å². The van der Waals surface area contributed by atoms with Crippen molar-refractivity contribution in [3.8, 4) is 0 Å². The molecule has 10 nitrogen and oxygen atoms in total. The maximum Gasteiger partial charge on any atom is 0.319 e. The maximum atomic E-state index is 12.1. The van der Waals surface area contributed by atoms with Crippen molar-refractivity contribution in [2.24, 2.45) is 0 Å². The predicted molar refractivity (Wildman–Crippen MR) is 117 cm³/mol. The van der Waals surface area contributed by atoms with Gasteiger partial charge in [0.1, 0.15) is 0 Å². The zero-order valence-electron chi connectivity index (χ0n) is 20.1. The first-order chi connectivity index (χ1) is 14.6. The highest BCUT2D eigenvalue weighted by Gasteiger charge is 2.29. The molecule has 0 aromatic heterocycles. The van der Waals surface area contributed by atoms with Gasteiger partial charge in [-0.2, -0.15) is 0 Å². The SMILES string of the molecule is COC(=O)CN1C[C@H](C)NC[C@H](C)N(CC(=O)OC)C[C@H](C)N(CC(=O)OC)C[C@@H]1C. The summed E-state index contributed by atoms with van der Waals surface area (Å²) in [4.78, 5) is 42.2. The van der Waals surface area contributed by atoms with Gasteiger partial charge in [0.25, 0.3) is 0 Å². The molecule has 0 radical (unpaired) electrons. The van der Waals surface area contributed by atoms with Crippen LogP contribution in [0.2, 0.25) is 0 Å². The largest absolute Gasteiger partial charge is 0.468 e. The van der Waals surface area contributed by atoms with Gasteiger partial charge in [0, 0.05) is 50.3 Å². The fourth-order valence-electron chi connectivity index (χ4n) is 3.72. The van der Waals surface area contributed by atoms with Crippen molar-refractivity contribution < 1.29 is 28.6 Å². The van der Waals surface area contributed by atoms with E-state index in [4.69, 9.17) is 14.2 Å². The maximum absolute atomic E-state index is 12.1. The zero-order chi connectivity index (χ0) is 23.6. The lowest BCUT2D eigenvalue weighted by Gasteiger charge is -2.40. The van der Waals surface area contributed by atoms with Gasteiger partial charge in [0.05, 0.1) is 41.0 Å². The standard InChI is InChI=1S/C21H40N4O6/c1-15-9-23(12-19(26)29-5)17(3)11-25(14-21(28)31-7)18(4)10-24(13-20(27)30-6)16(2)8-22-15/h15-18,22H,8-14H2,1-7H3/t15-,16-,17-,18-/m0/s1. The molecule has 10 heteroatoms. The summed E-state index contributed by atoms with van der Waals surface area (Å²) >= 11 is 0. The Kier molecular flexibility index (Phi) is 12.0. The molecule has 180 valence electrons. The molecule has 31 heavy (non-hydrogen) atoms. The molecule has 1 aliphatic heterocycles. The van der Waals surface area contributed by atoms with Gasteiger partial charge < -0.3 is 19.5 Å². The van der Waals surface area contributed by atoms with E-state index in [1.807, 2.05) is 18.7 Å². The lowest BCUT2D eigenvalue weighted by molar-refractivity contribution is -0.145. The first-order valence-corrected chi connectivity index (χ1v) is 10.8. The van der Waals surface area contributed by atoms with E-state index in [-0.39, 0.29) is 61.7 Å². The molecule has 0 spiro atoms. The molecule has 1 saturated heterocycles. The summed E-state index contributed by atoms with van der Waals surface area (Å²) in [6.07, 6.45) is 0. The normalized spacial score (nSPS) is 27.6. The molecular weight excluding hydrogens is 404 g/mol. The van der Waals surface area contributed by atoms with Crippen molar-refractivity contribution >= 4 is 17.9 Å². The molecule has 0 saturated carbocycles. The van der Waals surface area contributed by atoms with Crippen molar-refractivity contribution in [3.63, 3.8) is 0 Å². The summed E-state index contributed by atoms with van der Waals surface area (Å²) in [5, 5.41) is 3.51. The lowest BCUT2D eigenvalue weighted by atomic mass is 10.1. The summed E-state index contributed by atoms with van der Waals surface area (Å²) in [6, 6.07) is 0.127. The van der Waals surface area contributed by atoms with Crippen LogP contribution in [0.5, 0.6) is 0 Å². The van der Waals surface area contributed by atoms with Crippen molar-refractivity contribution in [3.05, 3.63) is 0 Å². The van der Waals surface area contributed by atoms with E-state index in [0.29, 0.717) is 26.2 Å². The third-order valence-electron chi connectivity index (χ3n) is 5.82. The Hall–Kier alpha value is -1.75. The van der Waals surface area contributed by atoms with Crippen LogP contribution < -0.4 is 5.32 Å². The molecule has 1 rings (SSSR count). The van der Waals surface area contributed by atoms with E-state index in [9.17, 15) is 14.4 Å². The highest BCUT2D eigenvalue weighted by Crippen LogP contribution is 2.12. The fourth-order valence-corrected chi connectivity index (χ4v) is 3.72. The van der Waals surface area contributed by atoms with Gasteiger partial charge in [-0.3, -0.25) is 29.1 Å².